The minimum atomic E-state index is -0.523. The van der Waals surface area contributed by atoms with Crippen LogP contribution in [0.15, 0.2) is 0 Å². The molecule has 0 aromatic carbocycles. The molecule has 120 heavy (non-hydrogen) atoms. The number of piperidine rings is 7. The molecule has 0 spiro atoms. The molecule has 14 rings (SSSR count). The lowest BCUT2D eigenvalue weighted by atomic mass is 9.79. The topological polar surface area (TPSA) is 210 Å². The number of likely N-dealkylation sites (tertiary alicyclic amines) is 7. The van der Waals surface area contributed by atoms with Crippen LogP contribution < -0.4 is 0 Å². The van der Waals surface area contributed by atoms with E-state index in [4.69, 9.17) is 33.2 Å². The van der Waals surface area contributed by atoms with Crippen molar-refractivity contribution in [2.24, 2.45) is 105 Å². The summed E-state index contributed by atoms with van der Waals surface area (Å²) in [5, 5.41) is 10.6. The minimum absolute atomic E-state index is 0.164. The lowest BCUT2D eigenvalue weighted by Gasteiger charge is -2.45. The zero-order valence-corrected chi connectivity index (χ0v) is 80.4. The van der Waals surface area contributed by atoms with E-state index < -0.39 is 17.4 Å². The summed E-state index contributed by atoms with van der Waals surface area (Å²) in [4.78, 5) is 89.0. The molecule has 0 aliphatic carbocycles. The van der Waals surface area contributed by atoms with E-state index >= 15 is 0 Å². The summed E-state index contributed by atoms with van der Waals surface area (Å²) in [6.07, 6.45) is 26.7. The van der Waals surface area contributed by atoms with E-state index in [1.54, 1.807) is 0 Å². The van der Waals surface area contributed by atoms with Crippen LogP contribution >= 0.6 is 0 Å². The van der Waals surface area contributed by atoms with Crippen molar-refractivity contribution in [3.05, 3.63) is 0 Å². The van der Waals surface area contributed by atoms with Crippen molar-refractivity contribution in [3.8, 4) is 0 Å². The van der Waals surface area contributed by atoms with Crippen LogP contribution in [-0.4, -0.2) is 262 Å². The molecule has 14 fully saturated rings. The van der Waals surface area contributed by atoms with Gasteiger partial charge in [-0.15, -0.1) is 0 Å². The van der Waals surface area contributed by atoms with Gasteiger partial charge >= 0.3 is 0 Å². The second-order valence-electron chi connectivity index (χ2n) is 43.7. The maximum atomic E-state index is 12.6. The Morgan fingerprint density at radius 2 is 0.525 bits per heavy atom. The standard InChI is InChI=1S/2C15H27NO2.C15H29NO2.2C14H25NO2.2C13H23NO2/c1-12(2)13-4-8-16(9-5-13)14(17)15(3)6-10-18-11-7-15;1-12(2)13-5-8-16(9-6-13)14(17)15(3)7-4-10-18-11-15;1-12(2)13-6-9-16(10-7-13)14(17)15(3)8-4-5-11-18-15;1-11(2)12-4-7-15(8-5-12)13(16)14(3)6-9-17-10-14;1-11(2)12-5-8-15(9-6-12)13(16)14(3)7-4-10-17-14;1-10(2)11-4-7-14(8-5-11)12(15)13(3)6-9-16-13;1-10(2)11-4-6-14(7-5-11)12(15)13(3)8-16-9-13/h2*12-13H,4-11H2,1-3H3;12-14,17H,4-11H2,1-3H3;2*11-12H,4-10H2,1-3H3;2*10-11H,4-9H2,1-3H3. The smallest absolute Gasteiger partial charge is 0.254 e. The second-order valence-corrected chi connectivity index (χ2v) is 43.7. The van der Waals surface area contributed by atoms with E-state index in [-0.39, 0.29) is 39.1 Å². The molecule has 694 valence electrons. The van der Waals surface area contributed by atoms with Gasteiger partial charge in [-0.1, -0.05) is 104 Å². The van der Waals surface area contributed by atoms with Crippen molar-refractivity contribution in [3.63, 3.8) is 0 Å². The molecule has 14 saturated heterocycles. The number of aliphatic hydroxyl groups is 1. The molecular weight excluding hydrogens is 1510 g/mol. The third kappa shape index (κ3) is 28.2. The molecule has 0 saturated carbocycles. The average molecular weight is 1690 g/mol. The quantitative estimate of drug-likeness (QED) is 0.162. The molecule has 0 aromatic heterocycles. The van der Waals surface area contributed by atoms with E-state index in [0.717, 1.165) is 311 Å². The Kier molecular flexibility index (Phi) is 39.9. The second kappa shape index (κ2) is 47.0. The first-order valence-corrected chi connectivity index (χ1v) is 49.1. The predicted octanol–water partition coefficient (Wildman–Crippen LogP) is 16.8. The SMILES string of the molecule is CC(C)C1CCN(C(=O)C2(C)CCCO2)CC1.CC(C)C1CCN(C(=O)C2(C)CCCOC2)CC1.CC(C)C1CCN(C(=O)C2(C)CCO2)CC1.CC(C)C1CCN(C(=O)C2(C)CCOC2)CC1.CC(C)C1CCN(C(=O)C2(C)CCOCC2)CC1.CC(C)C1CCN(C(=O)C2(C)COC2)CC1.CC(C)C1CCN(C(O)C2(C)CCCCO2)CC1. The van der Waals surface area contributed by atoms with Gasteiger partial charge in [-0.2, -0.15) is 0 Å². The molecule has 6 atom stereocenters. The van der Waals surface area contributed by atoms with Gasteiger partial charge in [0.15, 0.2) is 0 Å². The number of aliphatic hydroxyl groups excluding tert-OH is 1. The van der Waals surface area contributed by atoms with E-state index in [2.05, 4.69) is 144 Å². The predicted molar refractivity (Wildman–Crippen MR) is 480 cm³/mol. The van der Waals surface area contributed by atoms with Crippen molar-refractivity contribution in [2.75, 3.05) is 164 Å². The normalized spacial score (nSPS) is 30.0. The summed E-state index contributed by atoms with van der Waals surface area (Å²) in [5.74, 6) is 12.6. The van der Waals surface area contributed by atoms with E-state index in [0.29, 0.717) is 50.1 Å². The first-order valence-electron chi connectivity index (χ1n) is 49.1. The molecule has 21 nitrogen and oxygen atoms in total. The Morgan fingerprint density at radius 1 is 0.258 bits per heavy atom. The van der Waals surface area contributed by atoms with Crippen LogP contribution in [0.1, 0.15) is 306 Å². The number of carbonyl (C=O) groups is 6. The van der Waals surface area contributed by atoms with Gasteiger partial charge in [0.2, 0.25) is 23.6 Å². The number of rotatable bonds is 15. The van der Waals surface area contributed by atoms with E-state index in [9.17, 15) is 33.9 Å². The fraction of sp³-hybridized carbons (Fsp3) is 0.939. The van der Waals surface area contributed by atoms with Crippen molar-refractivity contribution in [2.45, 2.75) is 329 Å². The van der Waals surface area contributed by atoms with Gasteiger partial charge in [0.25, 0.3) is 11.8 Å². The first kappa shape index (κ1) is 102. The summed E-state index contributed by atoms with van der Waals surface area (Å²) >= 11 is 0. The van der Waals surface area contributed by atoms with Gasteiger partial charge in [0.1, 0.15) is 23.0 Å². The van der Waals surface area contributed by atoms with Gasteiger partial charge in [-0.05, 0) is 278 Å². The van der Waals surface area contributed by atoms with Crippen molar-refractivity contribution in [1.82, 2.24) is 34.3 Å². The highest BCUT2D eigenvalue weighted by Crippen LogP contribution is 2.41. The monoisotopic (exact) mass is 1690 g/mol. The van der Waals surface area contributed by atoms with Crippen LogP contribution in [0.5, 0.6) is 0 Å². The largest absolute Gasteiger partial charge is 0.381 e. The number of carbonyl (C=O) groups excluding carboxylic acids is 6. The van der Waals surface area contributed by atoms with Gasteiger partial charge in [-0.3, -0.25) is 33.7 Å². The minimum Gasteiger partial charge on any atom is -0.381 e. The molecule has 21 heteroatoms. The third-order valence-corrected chi connectivity index (χ3v) is 31.8. The van der Waals surface area contributed by atoms with Crippen LogP contribution in [0.2, 0.25) is 0 Å². The number of amides is 6. The molecular formula is C99H179N7O14. The van der Waals surface area contributed by atoms with Crippen LogP contribution in [0.25, 0.3) is 0 Å². The number of nitrogens with zero attached hydrogens (tertiary/aromatic N) is 7. The van der Waals surface area contributed by atoms with Crippen molar-refractivity contribution >= 4 is 35.4 Å². The Hall–Kier alpha value is -3.54. The molecule has 6 amide bonds. The third-order valence-electron chi connectivity index (χ3n) is 31.8. The van der Waals surface area contributed by atoms with Gasteiger partial charge in [-0.25, -0.2) is 0 Å². The lowest BCUT2D eigenvalue weighted by Crippen LogP contribution is -2.56. The number of ether oxygens (including phenoxy) is 7. The zero-order valence-electron chi connectivity index (χ0n) is 80.4. The number of hydrogen-bond donors (Lipinski definition) is 1. The summed E-state index contributed by atoms with van der Waals surface area (Å²) in [5.41, 5.74) is -2.25. The molecule has 14 aliphatic heterocycles. The molecule has 14 heterocycles. The van der Waals surface area contributed by atoms with Crippen LogP contribution in [0.4, 0.5) is 0 Å². The summed E-state index contributed by atoms with van der Waals surface area (Å²) in [6.45, 7) is 67.3. The highest BCUT2D eigenvalue weighted by molar-refractivity contribution is 5.87. The van der Waals surface area contributed by atoms with Gasteiger partial charge < -0.3 is 67.7 Å². The molecule has 14 aliphatic rings. The summed E-state index contributed by atoms with van der Waals surface area (Å²) in [7, 11) is 0. The summed E-state index contributed by atoms with van der Waals surface area (Å²) in [6, 6.07) is 0. The fourth-order valence-corrected chi connectivity index (χ4v) is 21.2. The Labute approximate surface area is 730 Å². The Bertz CT molecular complexity index is 2860. The van der Waals surface area contributed by atoms with Crippen molar-refractivity contribution < 1.29 is 67.0 Å². The van der Waals surface area contributed by atoms with Crippen molar-refractivity contribution in [1.29, 1.82) is 0 Å². The lowest BCUT2D eigenvalue weighted by molar-refractivity contribution is -0.192. The Morgan fingerprint density at radius 3 is 0.800 bits per heavy atom. The van der Waals surface area contributed by atoms with Crippen LogP contribution in [0.3, 0.4) is 0 Å². The molecule has 0 bridgehead atoms. The van der Waals surface area contributed by atoms with Crippen LogP contribution in [0, 0.1) is 105 Å². The maximum Gasteiger partial charge on any atom is 0.254 e. The van der Waals surface area contributed by atoms with Gasteiger partial charge in [0, 0.05) is 138 Å². The highest BCUT2D eigenvalue weighted by atomic mass is 16.5. The fourth-order valence-electron chi connectivity index (χ4n) is 21.2. The zero-order chi connectivity index (χ0) is 88.0. The van der Waals surface area contributed by atoms with E-state index in [1.807, 2.05) is 35.5 Å². The highest BCUT2D eigenvalue weighted by Gasteiger charge is 2.49. The first-order chi connectivity index (χ1) is 56.7. The summed E-state index contributed by atoms with van der Waals surface area (Å²) < 4.78 is 38.4. The van der Waals surface area contributed by atoms with Crippen LogP contribution in [-0.2, 0) is 61.9 Å². The molecule has 0 aromatic rings. The van der Waals surface area contributed by atoms with E-state index in [1.165, 1.54) is 70.6 Å². The maximum absolute atomic E-state index is 12.6. The number of hydrogen-bond acceptors (Lipinski definition) is 15. The average Bonchev–Trinajstić information content (AvgIpc) is 1.09. The van der Waals surface area contributed by atoms with Gasteiger partial charge in [0.05, 0.1) is 54.7 Å². The molecule has 6 unspecified atom stereocenters. The Balaban J connectivity index is 0.000000174. The molecule has 0 radical (unpaired) electrons. The molecule has 1 N–H and O–H groups in total.